The SMILES string of the molecule is COc1ccc(-n2cc(-c3ccc(F)cc3)nc2NC(=O)CN(CC(C)C)C(=O)c2cccs2)cc1. The number of methoxy groups -OCH3 is 1. The van der Waals surface area contributed by atoms with E-state index in [9.17, 15) is 14.0 Å². The Kier molecular flexibility index (Phi) is 7.80. The van der Waals surface area contributed by atoms with E-state index in [-0.39, 0.29) is 36.0 Å². The summed E-state index contributed by atoms with van der Waals surface area (Å²) in [5.41, 5.74) is 2.02. The molecule has 0 saturated heterocycles. The predicted octanol–water partition coefficient (Wildman–Crippen LogP) is 5.49. The van der Waals surface area contributed by atoms with Crippen LogP contribution >= 0.6 is 11.3 Å². The zero-order chi connectivity index (χ0) is 25.7. The molecule has 0 saturated carbocycles. The van der Waals surface area contributed by atoms with Gasteiger partial charge in [-0.05, 0) is 65.9 Å². The molecule has 0 bridgehead atoms. The van der Waals surface area contributed by atoms with Gasteiger partial charge in [-0.25, -0.2) is 9.37 Å². The molecule has 7 nitrogen and oxygen atoms in total. The Morgan fingerprint density at radius 3 is 2.44 bits per heavy atom. The van der Waals surface area contributed by atoms with Crippen molar-refractivity contribution in [3.8, 4) is 22.7 Å². The fourth-order valence-corrected chi connectivity index (χ4v) is 4.41. The molecule has 0 fully saturated rings. The number of anilines is 1. The van der Waals surface area contributed by atoms with E-state index < -0.39 is 0 Å². The van der Waals surface area contributed by atoms with Crippen molar-refractivity contribution in [2.75, 3.05) is 25.5 Å². The quantitative estimate of drug-likeness (QED) is 0.326. The lowest BCUT2D eigenvalue weighted by atomic mass is 10.2. The number of amides is 2. The minimum Gasteiger partial charge on any atom is -0.497 e. The Labute approximate surface area is 213 Å². The van der Waals surface area contributed by atoms with Gasteiger partial charge in [-0.3, -0.25) is 19.5 Å². The first-order valence-electron chi connectivity index (χ1n) is 11.5. The van der Waals surface area contributed by atoms with Crippen molar-refractivity contribution in [3.63, 3.8) is 0 Å². The Balaban J connectivity index is 1.62. The van der Waals surface area contributed by atoms with Crippen LogP contribution < -0.4 is 10.1 Å². The number of halogens is 1. The Morgan fingerprint density at radius 1 is 1.11 bits per heavy atom. The molecule has 0 spiro atoms. The summed E-state index contributed by atoms with van der Waals surface area (Å²) in [6.07, 6.45) is 1.77. The van der Waals surface area contributed by atoms with E-state index in [2.05, 4.69) is 10.3 Å². The number of thiophene rings is 1. The van der Waals surface area contributed by atoms with Crippen LogP contribution in [0.15, 0.2) is 72.2 Å². The van der Waals surface area contributed by atoms with E-state index in [1.807, 2.05) is 49.6 Å². The molecular formula is C27H27FN4O3S. The normalized spacial score (nSPS) is 10.9. The number of nitrogens with zero attached hydrogens (tertiary/aromatic N) is 3. The highest BCUT2D eigenvalue weighted by atomic mass is 32.1. The molecule has 0 unspecified atom stereocenters. The highest BCUT2D eigenvalue weighted by Gasteiger charge is 2.22. The van der Waals surface area contributed by atoms with Crippen LogP contribution in [0.25, 0.3) is 16.9 Å². The first kappa shape index (κ1) is 25.1. The lowest BCUT2D eigenvalue weighted by molar-refractivity contribution is -0.117. The fourth-order valence-electron chi connectivity index (χ4n) is 3.72. The average molecular weight is 507 g/mol. The van der Waals surface area contributed by atoms with Gasteiger partial charge in [0, 0.05) is 24.0 Å². The van der Waals surface area contributed by atoms with Gasteiger partial charge in [-0.2, -0.15) is 0 Å². The third kappa shape index (κ3) is 5.98. The molecule has 2 heterocycles. The number of benzene rings is 2. The maximum Gasteiger partial charge on any atom is 0.264 e. The summed E-state index contributed by atoms with van der Waals surface area (Å²) < 4.78 is 20.4. The van der Waals surface area contributed by atoms with Crippen molar-refractivity contribution in [1.29, 1.82) is 0 Å². The second-order valence-corrected chi connectivity index (χ2v) is 9.58. The van der Waals surface area contributed by atoms with Crippen LogP contribution in [-0.4, -0.2) is 46.5 Å². The zero-order valence-electron chi connectivity index (χ0n) is 20.3. The van der Waals surface area contributed by atoms with Gasteiger partial charge in [-0.1, -0.05) is 19.9 Å². The monoisotopic (exact) mass is 506 g/mol. The van der Waals surface area contributed by atoms with E-state index in [1.165, 1.54) is 23.5 Å². The number of carbonyl (C=O) groups excluding carboxylic acids is 2. The molecule has 0 atom stereocenters. The molecule has 4 aromatic rings. The fraction of sp³-hybridized carbons (Fsp3) is 0.222. The summed E-state index contributed by atoms with van der Waals surface area (Å²) >= 11 is 1.35. The summed E-state index contributed by atoms with van der Waals surface area (Å²) in [7, 11) is 1.59. The largest absolute Gasteiger partial charge is 0.497 e. The number of imidazole rings is 1. The summed E-state index contributed by atoms with van der Waals surface area (Å²) in [6, 6.07) is 16.9. The van der Waals surface area contributed by atoms with E-state index in [1.54, 1.807) is 41.0 Å². The Hall–Kier alpha value is -3.98. The van der Waals surface area contributed by atoms with Gasteiger partial charge in [0.2, 0.25) is 11.9 Å². The third-order valence-electron chi connectivity index (χ3n) is 5.39. The van der Waals surface area contributed by atoms with Crippen LogP contribution in [-0.2, 0) is 4.79 Å². The highest BCUT2D eigenvalue weighted by molar-refractivity contribution is 7.12. The molecule has 0 aliphatic heterocycles. The standard InChI is InChI=1S/C27H27FN4O3S/c1-18(2)15-31(26(34)24-5-4-14-36-24)17-25(33)30-27-29-23(19-6-8-20(28)9-7-19)16-32(27)21-10-12-22(35-3)13-11-21/h4-14,16,18H,15,17H2,1-3H3,(H,29,30,33). The first-order chi connectivity index (χ1) is 17.3. The number of carbonyl (C=O) groups is 2. The van der Waals surface area contributed by atoms with Crippen LogP contribution in [0.5, 0.6) is 5.75 Å². The molecule has 0 aliphatic carbocycles. The molecule has 0 radical (unpaired) electrons. The van der Waals surface area contributed by atoms with E-state index >= 15 is 0 Å². The molecule has 0 aliphatic rings. The molecule has 36 heavy (non-hydrogen) atoms. The first-order valence-corrected chi connectivity index (χ1v) is 12.3. The number of hydrogen-bond acceptors (Lipinski definition) is 5. The number of rotatable bonds is 9. The number of aromatic nitrogens is 2. The Bertz CT molecular complexity index is 1320. The summed E-state index contributed by atoms with van der Waals surface area (Å²) in [5, 5.41) is 4.70. The number of nitrogens with one attached hydrogen (secondary N) is 1. The zero-order valence-corrected chi connectivity index (χ0v) is 21.1. The van der Waals surface area contributed by atoms with Crippen molar-refractivity contribution in [1.82, 2.24) is 14.5 Å². The second-order valence-electron chi connectivity index (χ2n) is 8.63. The van der Waals surface area contributed by atoms with Crippen LogP contribution in [0, 0.1) is 11.7 Å². The van der Waals surface area contributed by atoms with Gasteiger partial charge in [0.05, 0.1) is 17.7 Å². The van der Waals surface area contributed by atoms with Gasteiger partial charge < -0.3 is 9.64 Å². The van der Waals surface area contributed by atoms with E-state index in [0.29, 0.717) is 28.4 Å². The minimum absolute atomic E-state index is 0.115. The van der Waals surface area contributed by atoms with Crippen molar-refractivity contribution in [2.24, 2.45) is 5.92 Å². The Morgan fingerprint density at radius 2 is 1.83 bits per heavy atom. The predicted molar refractivity (Wildman–Crippen MR) is 139 cm³/mol. The van der Waals surface area contributed by atoms with E-state index in [0.717, 1.165) is 5.69 Å². The van der Waals surface area contributed by atoms with Crippen LogP contribution in [0.4, 0.5) is 10.3 Å². The van der Waals surface area contributed by atoms with E-state index in [4.69, 9.17) is 4.74 Å². The lowest BCUT2D eigenvalue weighted by Crippen LogP contribution is -2.40. The van der Waals surface area contributed by atoms with Gasteiger partial charge >= 0.3 is 0 Å². The molecule has 2 aromatic carbocycles. The molecular weight excluding hydrogens is 479 g/mol. The summed E-state index contributed by atoms with van der Waals surface area (Å²) in [5.74, 6) is 0.277. The van der Waals surface area contributed by atoms with Crippen molar-refractivity contribution < 1.29 is 18.7 Å². The average Bonchev–Trinajstić information content (AvgIpc) is 3.54. The van der Waals surface area contributed by atoms with Gasteiger partial charge in [0.15, 0.2) is 0 Å². The molecule has 186 valence electrons. The summed E-state index contributed by atoms with van der Waals surface area (Å²) in [6.45, 7) is 4.32. The lowest BCUT2D eigenvalue weighted by Gasteiger charge is -2.23. The number of ether oxygens (including phenoxy) is 1. The van der Waals surface area contributed by atoms with Gasteiger partial charge in [0.25, 0.3) is 5.91 Å². The van der Waals surface area contributed by atoms with Crippen molar-refractivity contribution >= 4 is 29.1 Å². The molecule has 1 N–H and O–H groups in total. The van der Waals surface area contributed by atoms with Gasteiger partial charge in [0.1, 0.15) is 18.1 Å². The molecule has 9 heteroatoms. The smallest absolute Gasteiger partial charge is 0.264 e. The second kappa shape index (κ2) is 11.2. The maximum absolute atomic E-state index is 13.4. The molecule has 4 rings (SSSR count). The van der Waals surface area contributed by atoms with Gasteiger partial charge in [-0.15, -0.1) is 11.3 Å². The summed E-state index contributed by atoms with van der Waals surface area (Å²) in [4.78, 5) is 32.9. The van der Waals surface area contributed by atoms with Crippen molar-refractivity contribution in [2.45, 2.75) is 13.8 Å². The van der Waals surface area contributed by atoms with Crippen LogP contribution in [0.2, 0.25) is 0 Å². The third-order valence-corrected chi connectivity index (χ3v) is 6.24. The van der Waals surface area contributed by atoms with Crippen LogP contribution in [0.1, 0.15) is 23.5 Å². The maximum atomic E-state index is 13.4. The molecule has 2 amide bonds. The van der Waals surface area contributed by atoms with Crippen molar-refractivity contribution in [3.05, 3.63) is 82.9 Å². The minimum atomic E-state index is -0.369. The highest BCUT2D eigenvalue weighted by Crippen LogP contribution is 2.26. The van der Waals surface area contributed by atoms with Crippen LogP contribution in [0.3, 0.4) is 0 Å². The topological polar surface area (TPSA) is 76.5 Å². The number of hydrogen-bond donors (Lipinski definition) is 1. The molecule has 2 aromatic heterocycles.